The number of carbonyl (C=O) groups excluding carboxylic acids is 2. The Morgan fingerprint density at radius 1 is 0.800 bits per heavy atom. The van der Waals surface area contributed by atoms with Crippen LogP contribution in [0.1, 0.15) is 39.0 Å². The van der Waals surface area contributed by atoms with Crippen molar-refractivity contribution < 1.29 is 19.6 Å². The molecule has 1 saturated heterocycles. The summed E-state index contributed by atoms with van der Waals surface area (Å²) in [5.74, 6) is -0.913. The Bertz CT molecular complexity index is 1020. The molecule has 0 aliphatic carbocycles. The average molecular weight is 400 g/mol. The van der Waals surface area contributed by atoms with Crippen molar-refractivity contribution in [3.05, 3.63) is 107 Å². The van der Waals surface area contributed by atoms with E-state index in [-0.39, 0.29) is 29.6 Å². The van der Waals surface area contributed by atoms with E-state index in [1.807, 2.05) is 97.2 Å². The second-order valence-electron chi connectivity index (χ2n) is 7.87. The Morgan fingerprint density at radius 2 is 1.37 bits per heavy atom. The Hall–Kier alpha value is -3.24. The molecule has 0 radical (unpaired) electrons. The topological polar surface area (TPSA) is 60.0 Å². The lowest BCUT2D eigenvalue weighted by Crippen LogP contribution is -2.90. The Kier molecular flexibility index (Phi) is 5.77. The molecule has 4 nitrogen and oxygen atoms in total. The molecule has 3 aromatic carbocycles. The second-order valence-corrected chi connectivity index (χ2v) is 7.87. The molecule has 30 heavy (non-hydrogen) atoms. The number of nitrogens with two attached hydrogens (primary N) is 1. The molecule has 0 saturated carbocycles. The molecule has 0 spiro atoms. The first kappa shape index (κ1) is 20.0. The average Bonchev–Trinajstić information content (AvgIpc) is 3.20. The number of ketones is 1. The van der Waals surface area contributed by atoms with E-state index in [0.717, 1.165) is 16.7 Å². The van der Waals surface area contributed by atoms with Crippen molar-refractivity contribution in [1.29, 1.82) is 0 Å². The summed E-state index contributed by atoms with van der Waals surface area (Å²) < 4.78 is 5.14. The van der Waals surface area contributed by atoms with E-state index >= 15 is 0 Å². The second kappa shape index (κ2) is 8.64. The van der Waals surface area contributed by atoms with Crippen molar-refractivity contribution in [1.82, 2.24) is 0 Å². The number of hydrogen-bond donors (Lipinski definition) is 1. The lowest BCUT2D eigenvalue weighted by molar-refractivity contribution is -0.700. The summed E-state index contributed by atoms with van der Waals surface area (Å²) in [6, 6.07) is 26.8. The van der Waals surface area contributed by atoms with Crippen molar-refractivity contribution in [2.75, 3.05) is 7.11 Å². The third kappa shape index (κ3) is 3.79. The lowest BCUT2D eigenvalue weighted by atomic mass is 9.76. The standard InChI is InChI=1S/C26H25NO3/c1-17-13-15-20(16-14-17)25(28)22-21(18-9-5-3-6-10-18)24(26(29)30-2)27-23(22)19-11-7-4-8-12-19/h3-16,21-24,27H,1-2H3/p+1/t21-,22+,23-,24-/m1/s1. The number of Topliss-reactive ketones (excluding diaryl/α,β-unsaturated/α-hetero) is 1. The highest BCUT2D eigenvalue weighted by molar-refractivity contribution is 5.99. The van der Waals surface area contributed by atoms with Gasteiger partial charge in [0.15, 0.2) is 11.8 Å². The molecule has 1 heterocycles. The number of ether oxygens (including phenoxy) is 1. The lowest BCUT2D eigenvalue weighted by Gasteiger charge is -2.21. The summed E-state index contributed by atoms with van der Waals surface area (Å²) >= 11 is 0. The van der Waals surface area contributed by atoms with Gasteiger partial charge in [-0.15, -0.1) is 0 Å². The number of rotatable bonds is 5. The van der Waals surface area contributed by atoms with Gasteiger partial charge in [0, 0.05) is 11.1 Å². The zero-order valence-electron chi connectivity index (χ0n) is 17.2. The van der Waals surface area contributed by atoms with Crippen LogP contribution in [0, 0.1) is 12.8 Å². The molecule has 1 aliphatic heterocycles. The van der Waals surface area contributed by atoms with Crippen LogP contribution in [0.2, 0.25) is 0 Å². The van der Waals surface area contributed by atoms with Gasteiger partial charge in [0.05, 0.1) is 18.9 Å². The highest BCUT2D eigenvalue weighted by atomic mass is 16.5. The largest absolute Gasteiger partial charge is 0.465 e. The molecule has 0 aromatic heterocycles. The van der Waals surface area contributed by atoms with E-state index < -0.39 is 6.04 Å². The van der Waals surface area contributed by atoms with Crippen molar-refractivity contribution in [2.45, 2.75) is 24.9 Å². The molecule has 4 heteroatoms. The summed E-state index contributed by atoms with van der Waals surface area (Å²) in [6.07, 6.45) is 0. The van der Waals surface area contributed by atoms with Crippen molar-refractivity contribution in [3.63, 3.8) is 0 Å². The van der Waals surface area contributed by atoms with Crippen LogP contribution in [0.15, 0.2) is 84.9 Å². The number of carbonyl (C=O) groups is 2. The molecular formula is C26H26NO3+. The van der Waals surface area contributed by atoms with Gasteiger partial charge in [-0.1, -0.05) is 90.5 Å². The minimum absolute atomic E-state index is 0.0559. The van der Waals surface area contributed by atoms with Crippen LogP contribution in [-0.2, 0) is 9.53 Å². The highest BCUT2D eigenvalue weighted by Gasteiger charge is 2.55. The third-order valence-electron chi connectivity index (χ3n) is 6.06. The minimum Gasteiger partial charge on any atom is -0.465 e. The Morgan fingerprint density at radius 3 is 1.93 bits per heavy atom. The summed E-state index contributed by atoms with van der Waals surface area (Å²) in [5, 5.41) is 2.01. The van der Waals surface area contributed by atoms with Crippen LogP contribution >= 0.6 is 0 Å². The zero-order chi connectivity index (χ0) is 21.1. The van der Waals surface area contributed by atoms with Gasteiger partial charge in [-0.2, -0.15) is 0 Å². The van der Waals surface area contributed by atoms with E-state index in [9.17, 15) is 9.59 Å². The van der Waals surface area contributed by atoms with Crippen molar-refractivity contribution in [2.24, 2.45) is 5.92 Å². The van der Waals surface area contributed by atoms with Gasteiger partial charge in [0.2, 0.25) is 0 Å². The molecule has 1 aliphatic rings. The predicted octanol–water partition coefficient (Wildman–Crippen LogP) is 3.44. The van der Waals surface area contributed by atoms with Crippen LogP contribution < -0.4 is 5.32 Å². The third-order valence-corrected chi connectivity index (χ3v) is 6.06. The van der Waals surface area contributed by atoms with Gasteiger partial charge in [0.1, 0.15) is 6.04 Å². The van der Waals surface area contributed by atoms with Gasteiger partial charge in [-0.05, 0) is 12.5 Å². The van der Waals surface area contributed by atoms with Crippen molar-refractivity contribution in [3.8, 4) is 0 Å². The quantitative estimate of drug-likeness (QED) is 0.527. The monoisotopic (exact) mass is 400 g/mol. The Labute approximate surface area is 176 Å². The van der Waals surface area contributed by atoms with Crippen LogP contribution in [0.3, 0.4) is 0 Å². The summed E-state index contributed by atoms with van der Waals surface area (Å²) in [4.78, 5) is 26.6. The first-order valence-corrected chi connectivity index (χ1v) is 10.2. The number of hydrogen-bond acceptors (Lipinski definition) is 3. The summed E-state index contributed by atoms with van der Waals surface area (Å²) in [7, 11) is 1.41. The number of esters is 1. The summed E-state index contributed by atoms with van der Waals surface area (Å²) in [6.45, 7) is 2.00. The van der Waals surface area contributed by atoms with E-state index in [1.165, 1.54) is 7.11 Å². The fourth-order valence-corrected chi connectivity index (χ4v) is 4.59. The van der Waals surface area contributed by atoms with Gasteiger partial charge in [-0.3, -0.25) is 4.79 Å². The highest BCUT2D eigenvalue weighted by Crippen LogP contribution is 2.41. The van der Waals surface area contributed by atoms with Crippen LogP contribution in [-0.4, -0.2) is 24.9 Å². The Balaban J connectivity index is 1.84. The number of methoxy groups -OCH3 is 1. The van der Waals surface area contributed by atoms with Gasteiger partial charge < -0.3 is 10.1 Å². The predicted molar refractivity (Wildman–Crippen MR) is 115 cm³/mol. The van der Waals surface area contributed by atoms with E-state index in [2.05, 4.69) is 0 Å². The normalized spacial score (nSPS) is 23.1. The number of benzene rings is 3. The number of aryl methyl sites for hydroxylation is 1. The molecule has 0 amide bonds. The van der Waals surface area contributed by atoms with E-state index in [4.69, 9.17) is 4.74 Å². The molecule has 0 bridgehead atoms. The molecule has 3 aromatic rings. The molecule has 0 unspecified atom stereocenters. The molecule has 4 rings (SSSR count). The smallest absolute Gasteiger partial charge is 0.365 e. The molecule has 4 atom stereocenters. The first-order chi connectivity index (χ1) is 14.6. The van der Waals surface area contributed by atoms with Crippen LogP contribution in [0.5, 0.6) is 0 Å². The fourth-order valence-electron chi connectivity index (χ4n) is 4.59. The molecule has 1 fully saturated rings. The van der Waals surface area contributed by atoms with Crippen LogP contribution in [0.25, 0.3) is 0 Å². The minimum atomic E-state index is -0.484. The zero-order valence-corrected chi connectivity index (χ0v) is 17.2. The van der Waals surface area contributed by atoms with Gasteiger partial charge >= 0.3 is 5.97 Å². The maximum atomic E-state index is 13.8. The molecule has 2 N–H and O–H groups in total. The van der Waals surface area contributed by atoms with Gasteiger partial charge in [-0.25, -0.2) is 4.79 Å². The van der Waals surface area contributed by atoms with Gasteiger partial charge in [0.25, 0.3) is 0 Å². The van der Waals surface area contributed by atoms with Crippen LogP contribution in [0.4, 0.5) is 0 Å². The molecular weight excluding hydrogens is 374 g/mol. The number of quaternary nitrogens is 1. The summed E-state index contributed by atoms with van der Waals surface area (Å²) in [5.41, 5.74) is 3.80. The van der Waals surface area contributed by atoms with E-state index in [0.29, 0.717) is 5.56 Å². The first-order valence-electron chi connectivity index (χ1n) is 10.2. The molecule has 152 valence electrons. The van der Waals surface area contributed by atoms with Crippen molar-refractivity contribution >= 4 is 11.8 Å². The fraction of sp³-hybridized carbons (Fsp3) is 0.231. The van der Waals surface area contributed by atoms with E-state index in [1.54, 1.807) is 0 Å². The SMILES string of the molecule is COC(=O)[C@@H]1[NH2+][C@H](c2ccccc2)[C@@H](C(=O)c2ccc(C)cc2)[C@H]1c1ccccc1. The maximum absolute atomic E-state index is 13.8. The maximum Gasteiger partial charge on any atom is 0.365 e.